The second kappa shape index (κ2) is 9.86. The molecule has 6 rings (SSSR count). The van der Waals surface area contributed by atoms with Crippen molar-refractivity contribution in [3.05, 3.63) is 113 Å². The number of anilines is 1. The first-order chi connectivity index (χ1) is 19.5. The summed E-state index contributed by atoms with van der Waals surface area (Å²) in [5.41, 5.74) is 4.66. The van der Waals surface area contributed by atoms with Gasteiger partial charge in [-0.25, -0.2) is 0 Å². The largest absolute Gasteiger partial charge is 0.627 e. The zero-order valence-electron chi connectivity index (χ0n) is 25.7. The molecule has 2 aliphatic rings. The topological polar surface area (TPSA) is 26.3 Å². The first-order valence-corrected chi connectivity index (χ1v) is 15.2. The maximum Gasteiger partial charge on any atom is 0.138 e. The minimum Gasteiger partial charge on any atom is -0.627 e. The van der Waals surface area contributed by atoms with E-state index in [9.17, 15) is 5.21 Å². The molecule has 3 heteroatoms. The number of likely N-dealkylation sites (N-methyl/N-ethyl adjacent to an activating group) is 1. The van der Waals surface area contributed by atoms with E-state index in [1.54, 1.807) is 0 Å². The van der Waals surface area contributed by atoms with Gasteiger partial charge in [-0.3, -0.25) is 0 Å². The molecule has 0 spiro atoms. The molecule has 0 amide bonds. The van der Waals surface area contributed by atoms with Gasteiger partial charge in [0.25, 0.3) is 0 Å². The maximum atomic E-state index is 14.7. The van der Waals surface area contributed by atoms with Crippen LogP contribution in [0.15, 0.2) is 97.1 Å². The van der Waals surface area contributed by atoms with E-state index in [2.05, 4.69) is 151 Å². The number of allylic oxidation sites excluding steroid dienone is 2. The van der Waals surface area contributed by atoms with Crippen LogP contribution in [0.4, 0.5) is 11.4 Å². The molecule has 4 aromatic rings. The summed E-state index contributed by atoms with van der Waals surface area (Å²) in [6.45, 7) is 14.3. The number of benzene rings is 4. The van der Waals surface area contributed by atoms with Gasteiger partial charge in [-0.1, -0.05) is 107 Å². The third-order valence-electron chi connectivity index (χ3n) is 10.1. The van der Waals surface area contributed by atoms with Crippen LogP contribution in [-0.4, -0.2) is 25.7 Å². The standard InChI is InChI=1S/C38H44N2O/c1-8-25-40(41)32-24-22-27-16-10-12-18-29(27)34(32)38(5,6)33(40)20-14-9-15-26(2)36-37(3,4)31-23-21-28-17-11-13-19-30(28)35(31)39(36)7/h9-24,26,33,36H,8,25H2,1-7H3/b15-9+,20-14+. The van der Waals surface area contributed by atoms with Crippen molar-refractivity contribution in [3.63, 3.8) is 0 Å². The molecule has 4 atom stereocenters. The molecule has 2 heterocycles. The quantitative estimate of drug-likeness (QED) is 0.137. The van der Waals surface area contributed by atoms with Crippen LogP contribution in [0.25, 0.3) is 21.5 Å². The predicted octanol–water partition coefficient (Wildman–Crippen LogP) is 9.41. The van der Waals surface area contributed by atoms with Gasteiger partial charge >= 0.3 is 0 Å². The molecule has 4 unspecified atom stereocenters. The number of fused-ring (bicyclic) bond motifs is 6. The van der Waals surface area contributed by atoms with Gasteiger partial charge in [0, 0.05) is 41.2 Å². The highest BCUT2D eigenvalue weighted by Crippen LogP contribution is 2.53. The van der Waals surface area contributed by atoms with E-state index in [0.717, 1.165) is 12.1 Å². The van der Waals surface area contributed by atoms with Gasteiger partial charge in [0.2, 0.25) is 0 Å². The predicted molar refractivity (Wildman–Crippen MR) is 178 cm³/mol. The average Bonchev–Trinajstić information content (AvgIpc) is 3.26. The van der Waals surface area contributed by atoms with Crippen molar-refractivity contribution in [3.8, 4) is 0 Å². The number of hydrogen-bond donors (Lipinski definition) is 0. The summed E-state index contributed by atoms with van der Waals surface area (Å²) < 4.78 is -0.287. The van der Waals surface area contributed by atoms with Gasteiger partial charge in [0.1, 0.15) is 11.7 Å². The van der Waals surface area contributed by atoms with Crippen LogP contribution in [0, 0.1) is 11.1 Å². The Morgan fingerprint density at radius 1 is 0.854 bits per heavy atom. The third kappa shape index (κ3) is 4.08. The Labute approximate surface area is 246 Å². The van der Waals surface area contributed by atoms with Crippen LogP contribution < -0.4 is 9.55 Å². The molecule has 212 valence electrons. The van der Waals surface area contributed by atoms with Gasteiger partial charge < -0.3 is 14.8 Å². The van der Waals surface area contributed by atoms with Crippen molar-refractivity contribution in [1.29, 1.82) is 0 Å². The first kappa shape index (κ1) is 27.8. The average molecular weight is 545 g/mol. The minimum absolute atomic E-state index is 0.0138. The van der Waals surface area contributed by atoms with E-state index in [4.69, 9.17) is 0 Å². The Morgan fingerprint density at radius 2 is 1.49 bits per heavy atom. The van der Waals surface area contributed by atoms with Crippen molar-refractivity contribution < 1.29 is 0 Å². The SMILES string of the molecule is CCC[N+]1([O-])c2ccc3ccccc3c2C(C)(C)C1/C=C/C=C/C(C)C1N(C)c2c(ccc3ccccc23)C1(C)C. The Hall–Kier alpha value is -3.40. The lowest BCUT2D eigenvalue weighted by atomic mass is 9.75. The van der Waals surface area contributed by atoms with Gasteiger partial charge in [-0.2, -0.15) is 0 Å². The van der Waals surface area contributed by atoms with E-state index in [1.165, 1.54) is 38.4 Å². The van der Waals surface area contributed by atoms with Crippen LogP contribution in [0.1, 0.15) is 59.1 Å². The van der Waals surface area contributed by atoms with Crippen LogP contribution in [-0.2, 0) is 10.8 Å². The Kier molecular flexibility index (Phi) is 6.67. The molecular weight excluding hydrogens is 500 g/mol. The number of rotatable bonds is 6. The molecule has 4 aromatic carbocycles. The smallest absolute Gasteiger partial charge is 0.138 e. The normalized spacial score (nSPS) is 25.4. The third-order valence-corrected chi connectivity index (χ3v) is 10.1. The van der Waals surface area contributed by atoms with Crippen LogP contribution >= 0.6 is 0 Å². The van der Waals surface area contributed by atoms with E-state index < -0.39 is 0 Å². The second-order valence-corrected chi connectivity index (χ2v) is 13.5. The van der Waals surface area contributed by atoms with E-state index in [0.29, 0.717) is 18.5 Å². The summed E-state index contributed by atoms with van der Waals surface area (Å²) in [6, 6.07) is 26.2. The van der Waals surface area contributed by atoms with Crippen molar-refractivity contribution in [2.24, 2.45) is 5.92 Å². The highest BCUT2D eigenvalue weighted by atomic mass is 16.5. The molecule has 0 bridgehead atoms. The fourth-order valence-electron chi connectivity index (χ4n) is 8.50. The van der Waals surface area contributed by atoms with Crippen molar-refractivity contribution in [2.75, 3.05) is 18.5 Å². The van der Waals surface area contributed by atoms with Crippen LogP contribution in [0.5, 0.6) is 0 Å². The Bertz CT molecular complexity index is 1680. The Balaban J connectivity index is 1.30. The molecule has 0 aromatic heterocycles. The first-order valence-electron chi connectivity index (χ1n) is 15.2. The highest BCUT2D eigenvalue weighted by Gasteiger charge is 2.52. The highest BCUT2D eigenvalue weighted by molar-refractivity contribution is 5.98. The van der Waals surface area contributed by atoms with Gasteiger partial charge in [0.05, 0.1) is 12.0 Å². The lowest BCUT2D eigenvalue weighted by Gasteiger charge is -2.45. The van der Waals surface area contributed by atoms with Gasteiger partial charge in [-0.15, -0.1) is 0 Å². The molecule has 0 saturated carbocycles. The lowest BCUT2D eigenvalue weighted by Crippen LogP contribution is -2.53. The zero-order valence-corrected chi connectivity index (χ0v) is 25.7. The second-order valence-electron chi connectivity index (χ2n) is 13.5. The lowest BCUT2D eigenvalue weighted by molar-refractivity contribution is 0.271. The summed E-state index contributed by atoms with van der Waals surface area (Å²) in [4.78, 5) is 2.50. The molecule has 0 aliphatic carbocycles. The maximum absolute atomic E-state index is 14.7. The minimum atomic E-state index is -0.287. The fourth-order valence-corrected chi connectivity index (χ4v) is 8.50. The number of hydrogen-bond acceptors (Lipinski definition) is 2. The van der Waals surface area contributed by atoms with Gasteiger partial charge in [0.15, 0.2) is 0 Å². The van der Waals surface area contributed by atoms with Crippen molar-refractivity contribution in [2.45, 2.75) is 70.9 Å². The van der Waals surface area contributed by atoms with Crippen LogP contribution in [0.2, 0.25) is 0 Å². The number of quaternary nitrogens is 1. The van der Waals surface area contributed by atoms with E-state index >= 15 is 0 Å². The zero-order chi connectivity index (χ0) is 29.2. The van der Waals surface area contributed by atoms with Crippen LogP contribution in [0.3, 0.4) is 0 Å². The Morgan fingerprint density at radius 3 is 2.20 bits per heavy atom. The molecule has 0 fully saturated rings. The monoisotopic (exact) mass is 544 g/mol. The number of nitrogens with zero attached hydrogens (tertiary/aromatic N) is 2. The summed E-state index contributed by atoms with van der Waals surface area (Å²) in [6.07, 6.45) is 9.69. The summed E-state index contributed by atoms with van der Waals surface area (Å²) >= 11 is 0. The fraction of sp³-hybridized carbons (Fsp3) is 0.368. The molecule has 41 heavy (non-hydrogen) atoms. The molecule has 0 N–H and O–H groups in total. The molecule has 3 nitrogen and oxygen atoms in total. The number of hydroxylamine groups is 2. The summed E-state index contributed by atoms with van der Waals surface area (Å²) in [7, 11) is 2.25. The van der Waals surface area contributed by atoms with Crippen molar-refractivity contribution >= 4 is 32.9 Å². The molecule has 2 aliphatic heterocycles. The van der Waals surface area contributed by atoms with Gasteiger partial charge in [-0.05, 0) is 60.1 Å². The molecule has 0 saturated heterocycles. The van der Waals surface area contributed by atoms with E-state index in [-0.39, 0.29) is 21.5 Å². The molecular formula is C38H44N2O. The van der Waals surface area contributed by atoms with Crippen molar-refractivity contribution in [1.82, 2.24) is 4.65 Å². The summed E-state index contributed by atoms with van der Waals surface area (Å²) in [5.74, 6) is 0.325. The van der Waals surface area contributed by atoms with E-state index in [1.807, 2.05) is 0 Å². The summed E-state index contributed by atoms with van der Waals surface area (Å²) in [5, 5.41) is 19.7. The molecule has 0 radical (unpaired) electrons.